The van der Waals surface area contributed by atoms with Gasteiger partial charge in [-0.3, -0.25) is 0 Å². The number of ether oxygens (including phenoxy) is 1. The lowest BCUT2D eigenvalue weighted by molar-refractivity contribution is 0.271. The molecule has 2 N–H and O–H groups in total. The minimum Gasteiger partial charge on any atom is -0.493 e. The number of rotatable bonds is 5. The Morgan fingerprint density at radius 2 is 1.73 bits per heavy atom. The Bertz CT molecular complexity index is 279. The third kappa shape index (κ3) is 3.92. The summed E-state index contributed by atoms with van der Waals surface area (Å²) in [6, 6.07) is 8.22. The van der Waals surface area contributed by atoms with Crippen molar-refractivity contribution in [3.05, 3.63) is 29.8 Å². The van der Waals surface area contributed by atoms with Crippen molar-refractivity contribution in [2.45, 2.75) is 26.7 Å². The van der Waals surface area contributed by atoms with Crippen LogP contribution in [0.5, 0.6) is 5.75 Å². The lowest BCUT2D eigenvalue weighted by Crippen LogP contribution is -2.09. The van der Waals surface area contributed by atoms with Crippen LogP contribution < -0.4 is 10.5 Å². The SMILES string of the molecule is CC(C)COc1ccc(C(C)CN)cc1. The van der Waals surface area contributed by atoms with Crippen molar-refractivity contribution in [3.8, 4) is 5.75 Å². The van der Waals surface area contributed by atoms with Crippen molar-refractivity contribution < 1.29 is 4.74 Å². The first-order chi connectivity index (χ1) is 7.13. The number of hydrogen-bond acceptors (Lipinski definition) is 2. The lowest BCUT2D eigenvalue weighted by Gasteiger charge is -2.11. The summed E-state index contributed by atoms with van der Waals surface area (Å²) in [4.78, 5) is 0. The smallest absolute Gasteiger partial charge is 0.119 e. The van der Waals surface area contributed by atoms with Crippen LogP contribution in [0.2, 0.25) is 0 Å². The van der Waals surface area contributed by atoms with Crippen LogP contribution in [-0.2, 0) is 0 Å². The maximum Gasteiger partial charge on any atom is 0.119 e. The normalized spacial score (nSPS) is 12.9. The van der Waals surface area contributed by atoms with Gasteiger partial charge in [-0.2, -0.15) is 0 Å². The molecule has 2 nitrogen and oxygen atoms in total. The summed E-state index contributed by atoms with van der Waals surface area (Å²) in [5.74, 6) is 1.92. The molecule has 1 aromatic rings. The fourth-order valence-electron chi connectivity index (χ4n) is 1.29. The molecule has 1 atom stereocenters. The van der Waals surface area contributed by atoms with E-state index >= 15 is 0 Å². The molecule has 0 saturated heterocycles. The second-order valence-electron chi connectivity index (χ2n) is 4.41. The van der Waals surface area contributed by atoms with Crippen LogP contribution in [0.3, 0.4) is 0 Å². The Balaban J connectivity index is 2.56. The summed E-state index contributed by atoms with van der Waals surface area (Å²) in [6.45, 7) is 7.87. The van der Waals surface area contributed by atoms with Gasteiger partial charge in [-0.1, -0.05) is 32.9 Å². The first kappa shape index (κ1) is 12.1. The van der Waals surface area contributed by atoms with Crippen molar-refractivity contribution in [2.75, 3.05) is 13.2 Å². The van der Waals surface area contributed by atoms with E-state index in [-0.39, 0.29) is 0 Å². The van der Waals surface area contributed by atoms with Crippen LogP contribution >= 0.6 is 0 Å². The van der Waals surface area contributed by atoms with Crippen molar-refractivity contribution in [3.63, 3.8) is 0 Å². The zero-order chi connectivity index (χ0) is 11.3. The van der Waals surface area contributed by atoms with E-state index in [1.54, 1.807) is 0 Å². The molecule has 2 heteroatoms. The molecule has 1 unspecified atom stereocenters. The molecule has 0 amide bonds. The monoisotopic (exact) mass is 207 g/mol. The van der Waals surface area contributed by atoms with E-state index in [2.05, 4.69) is 32.9 Å². The highest BCUT2D eigenvalue weighted by Crippen LogP contribution is 2.18. The molecular weight excluding hydrogens is 186 g/mol. The van der Waals surface area contributed by atoms with Gasteiger partial charge in [-0.15, -0.1) is 0 Å². The summed E-state index contributed by atoms with van der Waals surface area (Å²) < 4.78 is 5.60. The molecule has 0 radical (unpaired) electrons. The van der Waals surface area contributed by atoms with Crippen LogP contribution in [0.15, 0.2) is 24.3 Å². The third-order valence-corrected chi connectivity index (χ3v) is 2.39. The van der Waals surface area contributed by atoms with Gasteiger partial charge < -0.3 is 10.5 Å². The van der Waals surface area contributed by atoms with E-state index in [1.807, 2.05) is 12.1 Å². The van der Waals surface area contributed by atoms with Crippen LogP contribution in [0.4, 0.5) is 0 Å². The zero-order valence-corrected chi connectivity index (χ0v) is 9.86. The molecule has 0 saturated carbocycles. The van der Waals surface area contributed by atoms with Gasteiger partial charge in [0, 0.05) is 0 Å². The van der Waals surface area contributed by atoms with E-state index < -0.39 is 0 Å². The first-order valence-electron chi connectivity index (χ1n) is 5.56. The Labute approximate surface area is 92.4 Å². The van der Waals surface area contributed by atoms with Gasteiger partial charge in [-0.25, -0.2) is 0 Å². The number of hydrogen-bond donors (Lipinski definition) is 1. The van der Waals surface area contributed by atoms with Gasteiger partial charge in [0.2, 0.25) is 0 Å². The predicted molar refractivity (Wildman–Crippen MR) is 64.2 cm³/mol. The Morgan fingerprint density at radius 1 is 1.13 bits per heavy atom. The van der Waals surface area contributed by atoms with Crippen molar-refractivity contribution in [1.82, 2.24) is 0 Å². The molecule has 15 heavy (non-hydrogen) atoms. The maximum absolute atomic E-state index is 5.61. The fourth-order valence-corrected chi connectivity index (χ4v) is 1.29. The molecular formula is C13H21NO. The van der Waals surface area contributed by atoms with Crippen LogP contribution in [0, 0.1) is 5.92 Å². The molecule has 0 aliphatic rings. The third-order valence-electron chi connectivity index (χ3n) is 2.39. The lowest BCUT2D eigenvalue weighted by atomic mass is 10.0. The average Bonchev–Trinajstić information content (AvgIpc) is 2.26. The predicted octanol–water partition coefficient (Wildman–Crippen LogP) is 2.78. The van der Waals surface area contributed by atoms with Gasteiger partial charge >= 0.3 is 0 Å². The fraction of sp³-hybridized carbons (Fsp3) is 0.538. The Kier molecular flexibility index (Phi) is 4.63. The van der Waals surface area contributed by atoms with Gasteiger partial charge in [0.1, 0.15) is 5.75 Å². The van der Waals surface area contributed by atoms with Gasteiger partial charge in [0.05, 0.1) is 6.61 Å². The van der Waals surface area contributed by atoms with Crippen LogP contribution in [0.25, 0.3) is 0 Å². The van der Waals surface area contributed by atoms with E-state index in [0.717, 1.165) is 12.4 Å². The Morgan fingerprint density at radius 3 is 2.20 bits per heavy atom. The molecule has 0 aliphatic carbocycles. The minimum absolute atomic E-state index is 0.421. The summed E-state index contributed by atoms with van der Waals surface area (Å²) in [7, 11) is 0. The van der Waals surface area contributed by atoms with E-state index in [4.69, 9.17) is 10.5 Å². The standard InChI is InChI=1S/C13H21NO/c1-10(2)9-15-13-6-4-12(5-7-13)11(3)8-14/h4-7,10-11H,8-9,14H2,1-3H3. The molecule has 0 aliphatic heterocycles. The highest BCUT2D eigenvalue weighted by atomic mass is 16.5. The average molecular weight is 207 g/mol. The molecule has 0 spiro atoms. The van der Waals surface area contributed by atoms with Crippen molar-refractivity contribution in [2.24, 2.45) is 11.7 Å². The van der Waals surface area contributed by atoms with E-state index in [1.165, 1.54) is 5.56 Å². The maximum atomic E-state index is 5.61. The van der Waals surface area contributed by atoms with Crippen molar-refractivity contribution >= 4 is 0 Å². The molecule has 1 aromatic carbocycles. The molecule has 0 heterocycles. The van der Waals surface area contributed by atoms with Crippen molar-refractivity contribution in [1.29, 1.82) is 0 Å². The molecule has 0 fully saturated rings. The molecule has 0 bridgehead atoms. The summed E-state index contributed by atoms with van der Waals surface area (Å²) in [5, 5.41) is 0. The summed E-state index contributed by atoms with van der Waals surface area (Å²) in [5.41, 5.74) is 6.88. The summed E-state index contributed by atoms with van der Waals surface area (Å²) >= 11 is 0. The van der Waals surface area contributed by atoms with Crippen LogP contribution in [0.1, 0.15) is 32.3 Å². The second kappa shape index (κ2) is 5.76. The van der Waals surface area contributed by atoms with Gasteiger partial charge in [-0.05, 0) is 36.1 Å². The topological polar surface area (TPSA) is 35.2 Å². The molecule has 1 rings (SSSR count). The number of nitrogens with two attached hydrogens (primary N) is 1. The minimum atomic E-state index is 0.421. The second-order valence-corrected chi connectivity index (χ2v) is 4.41. The molecule has 84 valence electrons. The van der Waals surface area contributed by atoms with Gasteiger partial charge in [0.15, 0.2) is 0 Å². The highest BCUT2D eigenvalue weighted by Gasteiger charge is 2.03. The van der Waals surface area contributed by atoms with E-state index in [0.29, 0.717) is 18.4 Å². The Hall–Kier alpha value is -1.02. The number of benzene rings is 1. The van der Waals surface area contributed by atoms with E-state index in [9.17, 15) is 0 Å². The van der Waals surface area contributed by atoms with Gasteiger partial charge in [0.25, 0.3) is 0 Å². The first-order valence-corrected chi connectivity index (χ1v) is 5.56. The highest BCUT2D eigenvalue weighted by molar-refractivity contribution is 5.29. The quantitative estimate of drug-likeness (QED) is 0.805. The van der Waals surface area contributed by atoms with Crippen LogP contribution in [-0.4, -0.2) is 13.2 Å². The zero-order valence-electron chi connectivity index (χ0n) is 9.86. The molecule has 0 aromatic heterocycles. The summed E-state index contributed by atoms with van der Waals surface area (Å²) in [6.07, 6.45) is 0. The largest absolute Gasteiger partial charge is 0.493 e.